The number of aryl methyl sites for hydroxylation is 1. The molecule has 0 atom stereocenters. The number of nitrogens with zero attached hydrogens (tertiary/aromatic N) is 3. The zero-order valence-electron chi connectivity index (χ0n) is 11.2. The van der Waals surface area contributed by atoms with Gasteiger partial charge in [-0.2, -0.15) is 0 Å². The number of halogens is 2. The SMILES string of the molecule is Cc1cc(-c2ccc(Cl)cc2)nc(-c2ccnc(Cl)c2)n1. The molecular weight excluding hydrogens is 305 g/mol. The third kappa shape index (κ3) is 3.20. The van der Waals surface area contributed by atoms with Gasteiger partial charge >= 0.3 is 0 Å². The van der Waals surface area contributed by atoms with Crippen LogP contribution in [-0.2, 0) is 0 Å². The Morgan fingerprint density at radius 3 is 2.33 bits per heavy atom. The van der Waals surface area contributed by atoms with Crippen LogP contribution < -0.4 is 0 Å². The summed E-state index contributed by atoms with van der Waals surface area (Å²) in [5.41, 5.74) is 3.57. The first-order valence-electron chi connectivity index (χ1n) is 6.35. The average molecular weight is 316 g/mol. The minimum Gasteiger partial charge on any atom is -0.245 e. The normalized spacial score (nSPS) is 10.6. The zero-order chi connectivity index (χ0) is 14.8. The Bertz CT molecular complexity index is 786. The Morgan fingerprint density at radius 1 is 0.857 bits per heavy atom. The molecule has 0 fully saturated rings. The average Bonchev–Trinajstić information content (AvgIpc) is 2.47. The molecule has 3 aromatic rings. The number of pyridine rings is 1. The maximum atomic E-state index is 5.93. The predicted octanol–water partition coefficient (Wildman–Crippen LogP) is 4.82. The van der Waals surface area contributed by atoms with Gasteiger partial charge in [-0.25, -0.2) is 15.0 Å². The number of benzene rings is 1. The highest BCUT2D eigenvalue weighted by atomic mass is 35.5. The summed E-state index contributed by atoms with van der Waals surface area (Å²) in [5.74, 6) is 0.629. The van der Waals surface area contributed by atoms with Gasteiger partial charge in [-0.1, -0.05) is 35.3 Å². The lowest BCUT2D eigenvalue weighted by Gasteiger charge is -2.07. The van der Waals surface area contributed by atoms with E-state index in [-0.39, 0.29) is 0 Å². The van der Waals surface area contributed by atoms with E-state index in [0.717, 1.165) is 22.5 Å². The largest absolute Gasteiger partial charge is 0.245 e. The molecule has 0 aliphatic heterocycles. The quantitative estimate of drug-likeness (QED) is 0.636. The second kappa shape index (κ2) is 5.80. The molecule has 3 rings (SSSR count). The van der Waals surface area contributed by atoms with Crippen LogP contribution in [-0.4, -0.2) is 15.0 Å². The van der Waals surface area contributed by atoms with Crippen molar-refractivity contribution < 1.29 is 0 Å². The van der Waals surface area contributed by atoms with Crippen molar-refractivity contribution in [1.29, 1.82) is 0 Å². The van der Waals surface area contributed by atoms with Crippen molar-refractivity contribution in [2.75, 3.05) is 0 Å². The molecule has 0 aliphatic rings. The van der Waals surface area contributed by atoms with Gasteiger partial charge in [0.1, 0.15) is 5.15 Å². The van der Waals surface area contributed by atoms with Crippen LogP contribution in [0, 0.1) is 6.92 Å². The van der Waals surface area contributed by atoms with Gasteiger partial charge in [0, 0.05) is 28.0 Å². The predicted molar refractivity (Wildman–Crippen MR) is 85.5 cm³/mol. The Balaban J connectivity index is 2.10. The van der Waals surface area contributed by atoms with Gasteiger partial charge in [0.15, 0.2) is 5.82 Å². The number of hydrogen-bond acceptors (Lipinski definition) is 3. The van der Waals surface area contributed by atoms with E-state index in [0.29, 0.717) is 16.0 Å². The Morgan fingerprint density at radius 2 is 1.62 bits per heavy atom. The van der Waals surface area contributed by atoms with Crippen LogP contribution in [0.15, 0.2) is 48.7 Å². The molecule has 0 bridgehead atoms. The lowest BCUT2D eigenvalue weighted by molar-refractivity contribution is 1.11. The number of hydrogen-bond donors (Lipinski definition) is 0. The van der Waals surface area contributed by atoms with E-state index in [2.05, 4.69) is 15.0 Å². The van der Waals surface area contributed by atoms with Gasteiger partial charge in [-0.15, -0.1) is 0 Å². The van der Waals surface area contributed by atoms with Crippen molar-refractivity contribution in [3.63, 3.8) is 0 Å². The maximum absolute atomic E-state index is 5.93. The van der Waals surface area contributed by atoms with Gasteiger partial charge < -0.3 is 0 Å². The molecule has 5 heteroatoms. The number of rotatable bonds is 2. The molecule has 0 saturated heterocycles. The summed E-state index contributed by atoms with van der Waals surface area (Å²) in [4.78, 5) is 13.0. The van der Waals surface area contributed by atoms with Crippen LogP contribution in [0.4, 0.5) is 0 Å². The van der Waals surface area contributed by atoms with E-state index >= 15 is 0 Å². The molecule has 2 aromatic heterocycles. The highest BCUT2D eigenvalue weighted by Crippen LogP contribution is 2.24. The minimum absolute atomic E-state index is 0.422. The topological polar surface area (TPSA) is 38.7 Å². The summed E-state index contributed by atoms with van der Waals surface area (Å²) < 4.78 is 0. The van der Waals surface area contributed by atoms with Crippen LogP contribution >= 0.6 is 23.2 Å². The maximum Gasteiger partial charge on any atom is 0.160 e. The summed E-state index contributed by atoms with van der Waals surface area (Å²) in [7, 11) is 0. The van der Waals surface area contributed by atoms with E-state index in [9.17, 15) is 0 Å². The minimum atomic E-state index is 0.422. The van der Waals surface area contributed by atoms with Crippen molar-refractivity contribution in [2.24, 2.45) is 0 Å². The zero-order valence-corrected chi connectivity index (χ0v) is 12.7. The highest BCUT2D eigenvalue weighted by Gasteiger charge is 2.07. The molecular formula is C16H11Cl2N3. The van der Waals surface area contributed by atoms with E-state index in [1.807, 2.05) is 43.3 Å². The molecule has 1 aromatic carbocycles. The second-order valence-electron chi connectivity index (χ2n) is 4.59. The van der Waals surface area contributed by atoms with Crippen LogP contribution in [0.2, 0.25) is 10.2 Å². The fourth-order valence-corrected chi connectivity index (χ4v) is 2.31. The Labute approximate surface area is 132 Å². The van der Waals surface area contributed by atoms with Crippen molar-refractivity contribution in [1.82, 2.24) is 15.0 Å². The van der Waals surface area contributed by atoms with Gasteiger partial charge in [-0.05, 0) is 37.3 Å². The summed E-state index contributed by atoms with van der Waals surface area (Å²) >= 11 is 11.8. The fourth-order valence-electron chi connectivity index (χ4n) is 2.01. The summed E-state index contributed by atoms with van der Waals surface area (Å²) in [6.07, 6.45) is 1.64. The van der Waals surface area contributed by atoms with Crippen LogP contribution in [0.3, 0.4) is 0 Å². The van der Waals surface area contributed by atoms with Gasteiger partial charge in [-0.3, -0.25) is 0 Å². The van der Waals surface area contributed by atoms with E-state index in [4.69, 9.17) is 23.2 Å². The molecule has 104 valence electrons. The molecule has 0 aliphatic carbocycles. The van der Waals surface area contributed by atoms with Crippen molar-refractivity contribution >= 4 is 23.2 Å². The highest BCUT2D eigenvalue weighted by molar-refractivity contribution is 6.30. The molecule has 0 saturated carbocycles. The molecule has 0 N–H and O–H groups in total. The van der Waals surface area contributed by atoms with Gasteiger partial charge in [0.25, 0.3) is 0 Å². The summed E-state index contributed by atoms with van der Waals surface area (Å²) in [5, 5.41) is 1.12. The Hall–Kier alpha value is -1.97. The smallest absolute Gasteiger partial charge is 0.160 e. The molecule has 3 nitrogen and oxygen atoms in total. The van der Waals surface area contributed by atoms with Crippen molar-refractivity contribution in [3.05, 3.63) is 64.5 Å². The summed E-state index contributed by atoms with van der Waals surface area (Å²) in [6.45, 7) is 1.94. The third-order valence-electron chi connectivity index (χ3n) is 2.98. The van der Waals surface area contributed by atoms with Crippen molar-refractivity contribution in [3.8, 4) is 22.6 Å². The van der Waals surface area contributed by atoms with Gasteiger partial charge in [0.05, 0.1) is 5.69 Å². The third-order valence-corrected chi connectivity index (χ3v) is 3.44. The molecule has 0 unspecified atom stereocenters. The van der Waals surface area contributed by atoms with Crippen LogP contribution in [0.25, 0.3) is 22.6 Å². The lowest BCUT2D eigenvalue weighted by Crippen LogP contribution is -1.95. The van der Waals surface area contributed by atoms with E-state index < -0.39 is 0 Å². The fraction of sp³-hybridized carbons (Fsp3) is 0.0625. The molecule has 0 radical (unpaired) electrons. The van der Waals surface area contributed by atoms with Crippen molar-refractivity contribution in [2.45, 2.75) is 6.92 Å². The van der Waals surface area contributed by atoms with Crippen LogP contribution in [0.5, 0.6) is 0 Å². The first kappa shape index (κ1) is 14.0. The first-order valence-corrected chi connectivity index (χ1v) is 7.11. The van der Waals surface area contributed by atoms with E-state index in [1.54, 1.807) is 12.3 Å². The summed E-state index contributed by atoms with van der Waals surface area (Å²) in [6, 6.07) is 13.1. The lowest BCUT2D eigenvalue weighted by atomic mass is 10.1. The molecule has 0 spiro atoms. The second-order valence-corrected chi connectivity index (χ2v) is 5.42. The monoisotopic (exact) mass is 315 g/mol. The Kier molecular flexibility index (Phi) is 3.86. The molecule has 21 heavy (non-hydrogen) atoms. The molecule has 2 heterocycles. The van der Waals surface area contributed by atoms with Gasteiger partial charge in [0.2, 0.25) is 0 Å². The molecule has 0 amide bonds. The first-order chi connectivity index (χ1) is 10.1. The van der Waals surface area contributed by atoms with Crippen LogP contribution in [0.1, 0.15) is 5.69 Å². The number of aromatic nitrogens is 3. The van der Waals surface area contributed by atoms with E-state index in [1.165, 1.54) is 0 Å². The standard InChI is InChI=1S/C16H11Cl2N3/c1-10-8-14(11-2-4-13(17)5-3-11)21-16(20-10)12-6-7-19-15(18)9-12/h2-9H,1H3.